The van der Waals surface area contributed by atoms with Gasteiger partial charge in [-0.15, -0.1) is 0 Å². The summed E-state index contributed by atoms with van der Waals surface area (Å²) in [6.45, 7) is 6.12. The van der Waals surface area contributed by atoms with Crippen LogP contribution in [0.2, 0.25) is 0 Å². The molecule has 2 nitrogen and oxygen atoms in total. The molecule has 0 atom stereocenters. The van der Waals surface area contributed by atoms with Crippen molar-refractivity contribution in [1.82, 2.24) is 9.55 Å². The number of imidazole rings is 1. The molecule has 0 aliphatic heterocycles. The Hall–Kier alpha value is -5.61. The molecule has 1 aromatic heterocycles. The molecule has 7 aromatic carbocycles. The minimum atomic E-state index is -2.88. The summed E-state index contributed by atoms with van der Waals surface area (Å²) in [5.41, 5.74) is 11.2. The van der Waals surface area contributed by atoms with Crippen LogP contribution in [0.3, 0.4) is 0 Å². The summed E-state index contributed by atoms with van der Waals surface area (Å²) in [5.74, 6) is -2.12. The molecule has 0 spiro atoms. The highest BCUT2D eigenvalue weighted by atomic mass is 19.3. The summed E-state index contributed by atoms with van der Waals surface area (Å²) < 4.78 is 31.5. The third kappa shape index (κ3) is 4.40. The monoisotopic (exact) mass is 640 g/mol. The largest absolute Gasteiger partial charge is 0.292 e. The second-order valence-electron chi connectivity index (χ2n) is 13.7. The lowest BCUT2D eigenvalue weighted by atomic mass is 9.81. The van der Waals surface area contributed by atoms with Crippen LogP contribution < -0.4 is 0 Å². The van der Waals surface area contributed by atoms with Gasteiger partial charge >= 0.3 is 0 Å². The van der Waals surface area contributed by atoms with Gasteiger partial charge in [-0.05, 0) is 62.4 Å². The van der Waals surface area contributed by atoms with E-state index in [4.69, 9.17) is 4.98 Å². The van der Waals surface area contributed by atoms with E-state index in [1.807, 2.05) is 12.1 Å². The van der Waals surface area contributed by atoms with Gasteiger partial charge in [0.15, 0.2) is 0 Å². The highest BCUT2D eigenvalue weighted by molar-refractivity contribution is 6.24. The lowest BCUT2D eigenvalue weighted by Crippen LogP contribution is -2.14. The average molecular weight is 641 g/mol. The highest BCUT2D eigenvalue weighted by Crippen LogP contribution is 2.49. The van der Waals surface area contributed by atoms with Gasteiger partial charge in [-0.1, -0.05) is 142 Å². The first kappa shape index (κ1) is 29.5. The van der Waals surface area contributed by atoms with Crippen LogP contribution in [-0.4, -0.2) is 9.55 Å². The van der Waals surface area contributed by atoms with Gasteiger partial charge in [0, 0.05) is 39.4 Å². The predicted octanol–water partition coefficient (Wildman–Crippen LogP) is 12.5. The predicted molar refractivity (Wildman–Crippen MR) is 199 cm³/mol. The Balaban J connectivity index is 1.23. The summed E-state index contributed by atoms with van der Waals surface area (Å²) in [6.07, 6.45) is -0.247. The van der Waals surface area contributed by atoms with E-state index < -0.39 is 5.92 Å². The summed E-state index contributed by atoms with van der Waals surface area (Å²) in [5, 5.41) is 4.39. The van der Waals surface area contributed by atoms with Crippen molar-refractivity contribution in [1.29, 1.82) is 0 Å². The third-order valence-electron chi connectivity index (χ3n) is 10.6. The minimum absolute atomic E-state index is 0.0185. The van der Waals surface area contributed by atoms with E-state index in [0.717, 1.165) is 55.2 Å². The zero-order valence-corrected chi connectivity index (χ0v) is 27.6. The van der Waals surface area contributed by atoms with Gasteiger partial charge < -0.3 is 0 Å². The van der Waals surface area contributed by atoms with Crippen molar-refractivity contribution < 1.29 is 8.78 Å². The average Bonchev–Trinajstić information content (AvgIpc) is 3.66. The first-order chi connectivity index (χ1) is 23.8. The molecule has 8 aromatic rings. The van der Waals surface area contributed by atoms with Gasteiger partial charge in [0.25, 0.3) is 5.92 Å². The van der Waals surface area contributed by atoms with Crippen molar-refractivity contribution in [2.24, 2.45) is 0 Å². The standard InChI is InChI=1S/C45H34F2N2/c1-4-45(46,47)31-22-24-32(25-23-31)49-42-38-15-8-6-12-34(38)33-11-5-7-14-37(33)41(42)48-43(49)29-19-17-28(18-20-29)30-21-26-36-35-13-9-10-16-39(35)44(2,3)40(36)27-30/h5-27H,4H2,1-3H3. The van der Waals surface area contributed by atoms with E-state index in [0.29, 0.717) is 0 Å². The molecule has 0 unspecified atom stereocenters. The summed E-state index contributed by atoms with van der Waals surface area (Å²) in [4.78, 5) is 5.33. The van der Waals surface area contributed by atoms with Crippen molar-refractivity contribution in [3.05, 3.63) is 156 Å². The summed E-state index contributed by atoms with van der Waals surface area (Å²) in [7, 11) is 0. The van der Waals surface area contributed by atoms with Gasteiger partial charge in [-0.2, -0.15) is 0 Å². The number of hydrogen-bond donors (Lipinski definition) is 0. The van der Waals surface area contributed by atoms with Crippen LogP contribution in [0.1, 0.15) is 43.9 Å². The van der Waals surface area contributed by atoms with E-state index in [2.05, 4.69) is 122 Å². The molecule has 4 heteroatoms. The zero-order chi connectivity index (χ0) is 33.5. The van der Waals surface area contributed by atoms with Gasteiger partial charge in [0.05, 0.1) is 11.0 Å². The number of halogens is 2. The maximum atomic E-state index is 14.7. The zero-order valence-electron chi connectivity index (χ0n) is 27.6. The molecular weight excluding hydrogens is 607 g/mol. The fourth-order valence-electron chi connectivity index (χ4n) is 7.90. The normalized spacial score (nSPS) is 13.7. The fourth-order valence-corrected chi connectivity index (χ4v) is 7.90. The molecule has 49 heavy (non-hydrogen) atoms. The van der Waals surface area contributed by atoms with Gasteiger partial charge in [0.1, 0.15) is 5.82 Å². The number of fused-ring (bicyclic) bond motifs is 9. The molecule has 0 bridgehead atoms. The molecule has 1 heterocycles. The fraction of sp³-hybridized carbons (Fsp3) is 0.133. The maximum absolute atomic E-state index is 14.7. The van der Waals surface area contributed by atoms with E-state index in [1.54, 1.807) is 24.3 Å². The van der Waals surface area contributed by atoms with E-state index >= 15 is 0 Å². The Labute approximate surface area is 284 Å². The highest BCUT2D eigenvalue weighted by Gasteiger charge is 2.35. The van der Waals surface area contributed by atoms with Crippen molar-refractivity contribution >= 4 is 32.6 Å². The molecule has 0 saturated carbocycles. The van der Waals surface area contributed by atoms with Gasteiger partial charge in [-0.25, -0.2) is 13.8 Å². The van der Waals surface area contributed by atoms with E-state index in [1.165, 1.54) is 34.7 Å². The molecule has 0 radical (unpaired) electrons. The second-order valence-corrected chi connectivity index (χ2v) is 13.7. The minimum Gasteiger partial charge on any atom is -0.292 e. The maximum Gasteiger partial charge on any atom is 0.273 e. The number of nitrogens with zero attached hydrogens (tertiary/aromatic N) is 2. The van der Waals surface area contributed by atoms with Crippen LogP contribution in [0.5, 0.6) is 0 Å². The van der Waals surface area contributed by atoms with E-state index in [9.17, 15) is 8.78 Å². The molecule has 1 aliphatic carbocycles. The van der Waals surface area contributed by atoms with Gasteiger partial charge in [-0.3, -0.25) is 4.57 Å². The molecule has 0 amide bonds. The summed E-state index contributed by atoms with van der Waals surface area (Å²) >= 11 is 0. The Morgan fingerprint density at radius 2 is 1.16 bits per heavy atom. The number of rotatable bonds is 5. The van der Waals surface area contributed by atoms with Crippen molar-refractivity contribution in [3.8, 4) is 39.3 Å². The Morgan fingerprint density at radius 1 is 0.592 bits per heavy atom. The lowest BCUT2D eigenvalue weighted by molar-refractivity contribution is -0.00828. The number of benzene rings is 7. The van der Waals surface area contributed by atoms with Gasteiger partial charge in [0.2, 0.25) is 0 Å². The molecule has 0 N–H and O–H groups in total. The Kier molecular flexibility index (Phi) is 6.45. The second kappa shape index (κ2) is 10.7. The van der Waals surface area contributed by atoms with Crippen molar-refractivity contribution in [2.75, 3.05) is 0 Å². The van der Waals surface area contributed by atoms with Crippen LogP contribution in [0.25, 0.3) is 71.9 Å². The first-order valence-corrected chi connectivity index (χ1v) is 16.9. The lowest BCUT2D eigenvalue weighted by Gasteiger charge is -2.22. The van der Waals surface area contributed by atoms with Crippen LogP contribution in [0.15, 0.2) is 140 Å². The molecular formula is C45H34F2N2. The van der Waals surface area contributed by atoms with Crippen LogP contribution in [-0.2, 0) is 11.3 Å². The SMILES string of the molecule is CCC(F)(F)c1ccc(-n2c(-c3ccc(-c4ccc5c(c4)C(C)(C)c4ccccc4-5)cc3)nc3c4ccccc4c4ccccc4c32)cc1. The number of hydrogen-bond acceptors (Lipinski definition) is 1. The number of alkyl halides is 2. The van der Waals surface area contributed by atoms with Crippen molar-refractivity contribution in [3.63, 3.8) is 0 Å². The molecule has 1 aliphatic rings. The quantitative estimate of drug-likeness (QED) is 0.171. The summed E-state index contributed by atoms with van der Waals surface area (Å²) in [6, 6.07) is 47.5. The topological polar surface area (TPSA) is 17.8 Å². The van der Waals surface area contributed by atoms with Crippen LogP contribution in [0.4, 0.5) is 8.78 Å². The van der Waals surface area contributed by atoms with Crippen LogP contribution in [0, 0.1) is 0 Å². The molecule has 0 saturated heterocycles. The first-order valence-electron chi connectivity index (χ1n) is 16.9. The Morgan fingerprint density at radius 3 is 1.88 bits per heavy atom. The Bertz CT molecular complexity index is 2570. The molecule has 238 valence electrons. The third-order valence-corrected chi connectivity index (χ3v) is 10.6. The van der Waals surface area contributed by atoms with E-state index in [-0.39, 0.29) is 17.4 Å². The number of aromatic nitrogens is 2. The van der Waals surface area contributed by atoms with Crippen LogP contribution >= 0.6 is 0 Å². The molecule has 9 rings (SSSR count). The smallest absolute Gasteiger partial charge is 0.273 e. The molecule has 0 fully saturated rings. The van der Waals surface area contributed by atoms with Crippen molar-refractivity contribution in [2.45, 2.75) is 38.5 Å².